The van der Waals surface area contributed by atoms with E-state index in [4.69, 9.17) is 15.5 Å². The van der Waals surface area contributed by atoms with Crippen LogP contribution in [-0.2, 0) is 6.54 Å². The SMILES string of the molecule is CC(C)N=C(N=CN)c1cn2c(n1)-c1cc(N3CCCC3C3CCN(C)CC3)ccc1OCC2. The minimum absolute atomic E-state index is 0.106. The summed E-state index contributed by atoms with van der Waals surface area (Å²) in [5, 5.41) is 0. The summed E-state index contributed by atoms with van der Waals surface area (Å²) >= 11 is 0. The average Bonchev–Trinajstić information content (AvgIpc) is 3.44. The van der Waals surface area contributed by atoms with E-state index in [2.05, 4.69) is 49.6 Å². The van der Waals surface area contributed by atoms with Crippen molar-refractivity contribution in [3.05, 3.63) is 30.1 Å². The largest absolute Gasteiger partial charge is 0.491 e. The summed E-state index contributed by atoms with van der Waals surface area (Å²) in [4.78, 5) is 19.0. The summed E-state index contributed by atoms with van der Waals surface area (Å²) in [5.74, 6) is 3.13. The molecule has 1 aromatic heterocycles. The predicted octanol–water partition coefficient (Wildman–Crippen LogP) is 3.40. The Morgan fingerprint density at radius 1 is 1.18 bits per heavy atom. The summed E-state index contributed by atoms with van der Waals surface area (Å²) in [5.41, 5.74) is 8.66. The molecule has 1 aromatic carbocycles. The van der Waals surface area contributed by atoms with Gasteiger partial charge in [0.2, 0.25) is 0 Å². The smallest absolute Gasteiger partial charge is 0.176 e. The Labute approximate surface area is 202 Å². The molecule has 1 unspecified atom stereocenters. The number of likely N-dealkylation sites (tertiary alicyclic amines) is 1. The highest BCUT2D eigenvalue weighted by Crippen LogP contribution is 2.39. The fourth-order valence-electron chi connectivity index (χ4n) is 5.66. The number of aromatic nitrogens is 2. The molecule has 0 amide bonds. The van der Waals surface area contributed by atoms with Crippen LogP contribution in [-0.4, -0.2) is 72.0 Å². The number of nitrogens with zero attached hydrogens (tertiary/aromatic N) is 6. The van der Waals surface area contributed by atoms with Gasteiger partial charge in [-0.2, -0.15) is 0 Å². The first-order valence-electron chi connectivity index (χ1n) is 12.7. The lowest BCUT2D eigenvalue weighted by molar-refractivity contribution is 0.199. The van der Waals surface area contributed by atoms with Crippen molar-refractivity contribution < 1.29 is 4.74 Å². The molecule has 0 bridgehead atoms. The van der Waals surface area contributed by atoms with Crippen molar-refractivity contribution in [1.29, 1.82) is 0 Å². The maximum atomic E-state index is 6.11. The highest BCUT2D eigenvalue weighted by Gasteiger charge is 2.34. The number of ether oxygens (including phenoxy) is 1. The van der Waals surface area contributed by atoms with E-state index in [0.29, 0.717) is 18.5 Å². The molecule has 34 heavy (non-hydrogen) atoms. The van der Waals surface area contributed by atoms with E-state index in [1.54, 1.807) is 0 Å². The maximum absolute atomic E-state index is 6.11. The van der Waals surface area contributed by atoms with Gasteiger partial charge in [-0.05, 0) is 83.8 Å². The van der Waals surface area contributed by atoms with Crippen LogP contribution in [0.3, 0.4) is 0 Å². The standard InChI is InChI=1S/C26H37N7O/c1-18(2)29-25(28-17-27)22-16-32-13-14-34-24-7-6-20(15-21(24)26(32)30-22)33-10-4-5-23(33)19-8-11-31(3)12-9-19/h6-7,15-19,23H,4-5,8-14H2,1-3H3,(H2,27,28,29). The fourth-order valence-corrected chi connectivity index (χ4v) is 5.66. The van der Waals surface area contributed by atoms with Gasteiger partial charge in [0.15, 0.2) is 5.84 Å². The van der Waals surface area contributed by atoms with E-state index in [-0.39, 0.29) is 6.04 Å². The zero-order valence-corrected chi connectivity index (χ0v) is 20.7. The molecule has 4 heterocycles. The number of rotatable bonds is 4. The van der Waals surface area contributed by atoms with Crippen LogP contribution in [0.5, 0.6) is 5.75 Å². The summed E-state index contributed by atoms with van der Waals surface area (Å²) in [6.45, 7) is 8.92. The van der Waals surface area contributed by atoms with Crippen LogP contribution in [0.15, 0.2) is 34.4 Å². The third-order valence-corrected chi connectivity index (χ3v) is 7.31. The van der Waals surface area contributed by atoms with Crippen molar-refractivity contribution in [1.82, 2.24) is 14.5 Å². The topological polar surface area (TPSA) is 84.3 Å². The Morgan fingerprint density at radius 3 is 2.76 bits per heavy atom. The van der Waals surface area contributed by atoms with E-state index in [1.165, 1.54) is 50.8 Å². The summed E-state index contributed by atoms with van der Waals surface area (Å²) in [7, 11) is 2.24. The number of benzene rings is 1. The number of nitrogens with two attached hydrogens (primary N) is 1. The zero-order valence-electron chi connectivity index (χ0n) is 20.7. The number of hydrogen-bond donors (Lipinski definition) is 1. The van der Waals surface area contributed by atoms with Crippen LogP contribution in [0.4, 0.5) is 5.69 Å². The average molecular weight is 464 g/mol. The molecule has 0 spiro atoms. The Balaban J connectivity index is 1.49. The number of amidine groups is 1. The lowest BCUT2D eigenvalue weighted by atomic mass is 9.88. The van der Waals surface area contributed by atoms with Crippen LogP contribution >= 0.6 is 0 Å². The first-order chi connectivity index (χ1) is 16.5. The Morgan fingerprint density at radius 2 is 2.00 bits per heavy atom. The van der Waals surface area contributed by atoms with Gasteiger partial charge in [0, 0.05) is 30.5 Å². The van der Waals surface area contributed by atoms with Crippen molar-refractivity contribution >= 4 is 17.9 Å². The molecule has 0 radical (unpaired) electrons. The summed E-state index contributed by atoms with van der Waals surface area (Å²) < 4.78 is 8.27. The fraction of sp³-hybridized carbons (Fsp3) is 0.577. The number of fused-ring (bicyclic) bond motifs is 3. The maximum Gasteiger partial charge on any atom is 0.176 e. The van der Waals surface area contributed by atoms with Crippen LogP contribution < -0.4 is 15.4 Å². The van der Waals surface area contributed by atoms with Crippen LogP contribution in [0, 0.1) is 5.92 Å². The van der Waals surface area contributed by atoms with Crippen molar-refractivity contribution in [3.63, 3.8) is 0 Å². The van der Waals surface area contributed by atoms with Gasteiger partial charge in [0.05, 0.1) is 18.4 Å². The number of aliphatic imine (C=N–C) groups is 2. The monoisotopic (exact) mass is 463 g/mol. The van der Waals surface area contributed by atoms with Gasteiger partial charge in [-0.25, -0.2) is 9.98 Å². The molecular formula is C26H37N7O. The van der Waals surface area contributed by atoms with E-state index < -0.39 is 0 Å². The Hall–Kier alpha value is -2.87. The van der Waals surface area contributed by atoms with Gasteiger partial charge in [-0.1, -0.05) is 0 Å². The normalized spacial score (nSPS) is 22.2. The molecule has 2 N–H and O–H groups in total. The second-order valence-electron chi connectivity index (χ2n) is 10.0. The van der Waals surface area contributed by atoms with E-state index >= 15 is 0 Å². The van der Waals surface area contributed by atoms with Crippen LogP contribution in [0.1, 0.15) is 45.2 Å². The molecule has 2 fully saturated rings. The molecule has 182 valence electrons. The third kappa shape index (κ3) is 4.56. The van der Waals surface area contributed by atoms with Crippen molar-refractivity contribution in [2.75, 3.05) is 38.2 Å². The van der Waals surface area contributed by atoms with Crippen LogP contribution in [0.2, 0.25) is 0 Å². The number of imidazole rings is 1. The quantitative estimate of drug-likeness (QED) is 0.555. The van der Waals surface area contributed by atoms with E-state index in [0.717, 1.165) is 41.8 Å². The zero-order chi connectivity index (χ0) is 23.7. The predicted molar refractivity (Wildman–Crippen MR) is 138 cm³/mol. The molecule has 8 nitrogen and oxygen atoms in total. The van der Waals surface area contributed by atoms with E-state index in [9.17, 15) is 0 Å². The number of piperidine rings is 1. The second-order valence-corrected chi connectivity index (χ2v) is 10.0. The first kappa shape index (κ1) is 22.9. The molecule has 0 saturated carbocycles. The van der Waals surface area contributed by atoms with Crippen molar-refractivity contribution in [2.45, 2.75) is 58.2 Å². The Bertz CT molecular complexity index is 1070. The van der Waals surface area contributed by atoms with Gasteiger partial charge >= 0.3 is 0 Å². The number of hydrogen-bond acceptors (Lipinski definition) is 5. The third-order valence-electron chi connectivity index (χ3n) is 7.31. The van der Waals surface area contributed by atoms with E-state index in [1.807, 2.05) is 20.0 Å². The second kappa shape index (κ2) is 9.78. The van der Waals surface area contributed by atoms with Gasteiger partial charge in [-0.3, -0.25) is 4.99 Å². The molecule has 2 saturated heterocycles. The summed E-state index contributed by atoms with van der Waals surface area (Å²) in [6, 6.07) is 7.37. The van der Waals surface area contributed by atoms with Gasteiger partial charge in [0.25, 0.3) is 0 Å². The molecule has 2 aromatic rings. The summed E-state index contributed by atoms with van der Waals surface area (Å²) in [6.07, 6.45) is 8.43. The highest BCUT2D eigenvalue weighted by molar-refractivity contribution is 6.01. The molecular weight excluding hydrogens is 426 g/mol. The lowest BCUT2D eigenvalue weighted by Crippen LogP contribution is -2.41. The van der Waals surface area contributed by atoms with Crippen LogP contribution in [0.25, 0.3) is 11.4 Å². The molecule has 5 rings (SSSR count). The van der Waals surface area contributed by atoms with Gasteiger partial charge in [-0.15, -0.1) is 0 Å². The minimum atomic E-state index is 0.106. The van der Waals surface area contributed by atoms with Gasteiger partial charge < -0.3 is 24.8 Å². The molecule has 3 aliphatic heterocycles. The molecule has 1 atom stereocenters. The highest BCUT2D eigenvalue weighted by atomic mass is 16.5. The van der Waals surface area contributed by atoms with Crippen molar-refractivity contribution in [3.8, 4) is 17.1 Å². The first-order valence-corrected chi connectivity index (χ1v) is 12.7. The number of anilines is 1. The lowest BCUT2D eigenvalue weighted by Gasteiger charge is -2.38. The Kier molecular flexibility index (Phi) is 6.59. The van der Waals surface area contributed by atoms with Gasteiger partial charge in [0.1, 0.15) is 23.9 Å². The molecule has 8 heteroatoms. The molecule has 0 aliphatic carbocycles. The minimum Gasteiger partial charge on any atom is -0.491 e. The molecule has 3 aliphatic rings. The van der Waals surface area contributed by atoms with Crippen molar-refractivity contribution in [2.24, 2.45) is 21.6 Å².